The molecule has 1 saturated heterocycles. The zero-order valence-corrected chi connectivity index (χ0v) is 14.3. The van der Waals surface area contributed by atoms with Crippen LogP contribution in [0.1, 0.15) is 31.2 Å². The summed E-state index contributed by atoms with van der Waals surface area (Å²) in [7, 11) is -0.250. The SMILES string of the molecule is CN(C)S(=O)(=O)c1cccc(CN2CCCCC2CCN)c1. The van der Waals surface area contributed by atoms with Crippen LogP contribution in [0.25, 0.3) is 0 Å². The molecule has 1 aliphatic rings. The lowest BCUT2D eigenvalue weighted by Crippen LogP contribution is -2.40. The molecule has 1 aliphatic heterocycles. The van der Waals surface area contributed by atoms with E-state index in [2.05, 4.69) is 4.90 Å². The lowest BCUT2D eigenvalue weighted by atomic mass is 9.98. The third-order valence-corrected chi connectivity index (χ3v) is 6.12. The third-order valence-electron chi connectivity index (χ3n) is 4.31. The molecule has 5 nitrogen and oxygen atoms in total. The van der Waals surface area contributed by atoms with Gasteiger partial charge < -0.3 is 5.73 Å². The van der Waals surface area contributed by atoms with Crippen molar-refractivity contribution < 1.29 is 8.42 Å². The molecule has 0 aromatic heterocycles. The third kappa shape index (κ3) is 4.07. The number of likely N-dealkylation sites (tertiary alicyclic amines) is 1. The lowest BCUT2D eigenvalue weighted by molar-refractivity contribution is 0.134. The highest BCUT2D eigenvalue weighted by molar-refractivity contribution is 7.89. The second-order valence-corrected chi connectivity index (χ2v) is 8.28. The van der Waals surface area contributed by atoms with Crippen LogP contribution in [0.3, 0.4) is 0 Å². The van der Waals surface area contributed by atoms with Crippen molar-refractivity contribution in [2.75, 3.05) is 27.2 Å². The van der Waals surface area contributed by atoms with Gasteiger partial charge in [0.2, 0.25) is 10.0 Å². The van der Waals surface area contributed by atoms with E-state index in [1.54, 1.807) is 26.2 Å². The van der Waals surface area contributed by atoms with Crippen LogP contribution in [0, 0.1) is 0 Å². The molecule has 1 aromatic carbocycles. The summed E-state index contributed by atoms with van der Waals surface area (Å²) in [6.45, 7) is 2.56. The molecule has 2 rings (SSSR count). The van der Waals surface area contributed by atoms with Crippen LogP contribution in [-0.4, -0.2) is 50.8 Å². The van der Waals surface area contributed by atoms with Gasteiger partial charge in [-0.2, -0.15) is 0 Å². The van der Waals surface area contributed by atoms with Gasteiger partial charge in [-0.15, -0.1) is 0 Å². The van der Waals surface area contributed by atoms with E-state index in [1.165, 1.54) is 23.6 Å². The first-order valence-electron chi connectivity index (χ1n) is 7.90. The lowest BCUT2D eigenvalue weighted by Gasteiger charge is -2.35. The van der Waals surface area contributed by atoms with Crippen LogP contribution in [0.5, 0.6) is 0 Å². The van der Waals surface area contributed by atoms with E-state index in [9.17, 15) is 8.42 Å². The van der Waals surface area contributed by atoms with Crippen LogP contribution in [-0.2, 0) is 16.6 Å². The van der Waals surface area contributed by atoms with Gasteiger partial charge in [0.15, 0.2) is 0 Å². The van der Waals surface area contributed by atoms with Gasteiger partial charge in [-0.25, -0.2) is 12.7 Å². The van der Waals surface area contributed by atoms with Crippen LogP contribution in [0.4, 0.5) is 0 Å². The highest BCUT2D eigenvalue weighted by Gasteiger charge is 2.22. The smallest absolute Gasteiger partial charge is 0.242 e. The molecule has 124 valence electrons. The van der Waals surface area contributed by atoms with Gasteiger partial charge in [0.1, 0.15) is 0 Å². The molecule has 0 bridgehead atoms. The molecular formula is C16H27N3O2S. The first-order valence-corrected chi connectivity index (χ1v) is 9.34. The number of piperidine rings is 1. The van der Waals surface area contributed by atoms with Crippen molar-refractivity contribution in [1.29, 1.82) is 0 Å². The van der Waals surface area contributed by atoms with E-state index in [0.29, 0.717) is 17.5 Å². The minimum Gasteiger partial charge on any atom is -0.330 e. The number of nitrogens with zero attached hydrogens (tertiary/aromatic N) is 2. The summed E-state index contributed by atoms with van der Waals surface area (Å²) in [6, 6.07) is 7.81. The summed E-state index contributed by atoms with van der Waals surface area (Å²) in [6.07, 6.45) is 4.66. The molecule has 1 fully saturated rings. The number of rotatable bonds is 6. The number of benzene rings is 1. The monoisotopic (exact) mass is 325 g/mol. The predicted octanol–water partition coefficient (Wildman–Crippen LogP) is 1.64. The van der Waals surface area contributed by atoms with Gasteiger partial charge in [-0.05, 0) is 50.0 Å². The highest BCUT2D eigenvalue weighted by atomic mass is 32.2. The number of hydrogen-bond donors (Lipinski definition) is 1. The summed E-state index contributed by atoms with van der Waals surface area (Å²) < 4.78 is 25.7. The number of hydrogen-bond acceptors (Lipinski definition) is 4. The summed E-state index contributed by atoms with van der Waals surface area (Å²) in [5.74, 6) is 0. The summed E-state index contributed by atoms with van der Waals surface area (Å²) in [5, 5.41) is 0. The highest BCUT2D eigenvalue weighted by Crippen LogP contribution is 2.23. The Hall–Kier alpha value is -0.950. The van der Waals surface area contributed by atoms with E-state index in [0.717, 1.165) is 25.1 Å². The second-order valence-electron chi connectivity index (χ2n) is 6.13. The van der Waals surface area contributed by atoms with Crippen molar-refractivity contribution in [2.45, 2.75) is 43.2 Å². The fourth-order valence-electron chi connectivity index (χ4n) is 3.04. The zero-order chi connectivity index (χ0) is 16.2. The molecule has 1 atom stereocenters. The van der Waals surface area contributed by atoms with E-state index < -0.39 is 10.0 Å². The van der Waals surface area contributed by atoms with Gasteiger partial charge in [0.05, 0.1) is 4.90 Å². The topological polar surface area (TPSA) is 66.6 Å². The van der Waals surface area contributed by atoms with Gasteiger partial charge in [0, 0.05) is 26.7 Å². The Bertz CT molecular complexity index is 585. The van der Waals surface area contributed by atoms with Crippen molar-refractivity contribution in [3.63, 3.8) is 0 Å². The molecule has 1 aromatic rings. The van der Waals surface area contributed by atoms with E-state index >= 15 is 0 Å². The van der Waals surface area contributed by atoms with Gasteiger partial charge in [-0.1, -0.05) is 18.6 Å². The zero-order valence-electron chi connectivity index (χ0n) is 13.5. The van der Waals surface area contributed by atoms with Gasteiger partial charge >= 0.3 is 0 Å². The fraction of sp³-hybridized carbons (Fsp3) is 0.625. The molecule has 0 aliphatic carbocycles. The van der Waals surface area contributed by atoms with Gasteiger partial charge in [-0.3, -0.25) is 4.90 Å². The number of nitrogens with two attached hydrogens (primary N) is 1. The van der Waals surface area contributed by atoms with E-state index in [1.807, 2.05) is 12.1 Å². The van der Waals surface area contributed by atoms with E-state index in [4.69, 9.17) is 5.73 Å². The Morgan fingerprint density at radius 2 is 2.09 bits per heavy atom. The average molecular weight is 325 g/mol. The summed E-state index contributed by atoms with van der Waals surface area (Å²) in [5.41, 5.74) is 6.77. The van der Waals surface area contributed by atoms with Crippen LogP contribution >= 0.6 is 0 Å². The molecule has 1 heterocycles. The molecule has 6 heteroatoms. The summed E-state index contributed by atoms with van der Waals surface area (Å²) >= 11 is 0. The standard InChI is InChI=1S/C16H27N3O2S/c1-18(2)22(20,21)16-8-5-6-14(12-16)13-19-11-4-3-7-15(19)9-10-17/h5-6,8,12,15H,3-4,7,9-11,13,17H2,1-2H3. The Morgan fingerprint density at radius 3 is 2.77 bits per heavy atom. The van der Waals surface area contributed by atoms with Crippen LogP contribution in [0.2, 0.25) is 0 Å². The Labute approximate surface area is 134 Å². The molecular weight excluding hydrogens is 298 g/mol. The second kappa shape index (κ2) is 7.55. The van der Waals surface area contributed by atoms with Crippen molar-refractivity contribution in [1.82, 2.24) is 9.21 Å². The first-order chi connectivity index (χ1) is 10.4. The quantitative estimate of drug-likeness (QED) is 0.863. The predicted molar refractivity (Wildman–Crippen MR) is 89.0 cm³/mol. The normalized spacial score (nSPS) is 20.5. The van der Waals surface area contributed by atoms with E-state index in [-0.39, 0.29) is 0 Å². The van der Waals surface area contributed by atoms with Crippen molar-refractivity contribution in [2.24, 2.45) is 5.73 Å². The minimum atomic E-state index is -3.37. The molecule has 0 spiro atoms. The van der Waals surface area contributed by atoms with Crippen LogP contribution in [0.15, 0.2) is 29.2 Å². The van der Waals surface area contributed by atoms with Crippen LogP contribution < -0.4 is 5.73 Å². The minimum absolute atomic E-state index is 0.363. The molecule has 2 N–H and O–H groups in total. The van der Waals surface area contributed by atoms with Gasteiger partial charge in [0.25, 0.3) is 0 Å². The first kappa shape index (κ1) is 17.4. The Kier molecular flexibility index (Phi) is 5.97. The fourth-order valence-corrected chi connectivity index (χ4v) is 4.01. The Balaban J connectivity index is 2.16. The maximum atomic E-state index is 12.2. The molecule has 1 unspecified atom stereocenters. The van der Waals surface area contributed by atoms with Crippen molar-refractivity contribution >= 4 is 10.0 Å². The van der Waals surface area contributed by atoms with Crippen molar-refractivity contribution in [3.8, 4) is 0 Å². The molecule has 22 heavy (non-hydrogen) atoms. The maximum Gasteiger partial charge on any atom is 0.242 e. The average Bonchev–Trinajstić information content (AvgIpc) is 2.49. The molecule has 0 amide bonds. The largest absolute Gasteiger partial charge is 0.330 e. The van der Waals surface area contributed by atoms with Crippen molar-refractivity contribution in [3.05, 3.63) is 29.8 Å². The molecule has 0 saturated carbocycles. The Morgan fingerprint density at radius 1 is 1.32 bits per heavy atom. The number of sulfonamides is 1. The maximum absolute atomic E-state index is 12.2. The summed E-state index contributed by atoms with van der Waals surface area (Å²) in [4.78, 5) is 2.81. The molecule has 0 radical (unpaired) electrons.